The van der Waals surface area contributed by atoms with Gasteiger partial charge in [0.25, 0.3) is 0 Å². The van der Waals surface area contributed by atoms with E-state index in [0.717, 1.165) is 18.5 Å². The van der Waals surface area contributed by atoms with Crippen LogP contribution >= 0.6 is 0 Å². The number of hydrogen-bond donors (Lipinski definition) is 1. The molecule has 0 fully saturated rings. The molecule has 5 nitrogen and oxygen atoms in total. The maximum Gasteiger partial charge on any atom is 0.304 e. The molecule has 0 radical (unpaired) electrons. The summed E-state index contributed by atoms with van der Waals surface area (Å²) in [7, 11) is -1.15. The average molecular weight is 272 g/mol. The van der Waals surface area contributed by atoms with Crippen LogP contribution in [0.2, 0.25) is 0 Å². The predicted molar refractivity (Wildman–Crippen MR) is 70.8 cm³/mol. The SMILES string of the molecule is CCC(CC)n1ccc(CS(=O)CCC(=O)O)n1. The van der Waals surface area contributed by atoms with Gasteiger partial charge in [0.1, 0.15) is 0 Å². The molecule has 1 N–H and O–H groups in total. The van der Waals surface area contributed by atoms with Gasteiger partial charge >= 0.3 is 5.97 Å². The van der Waals surface area contributed by atoms with Gasteiger partial charge in [-0.1, -0.05) is 13.8 Å². The molecule has 1 aromatic heterocycles. The van der Waals surface area contributed by atoms with Crippen LogP contribution in [-0.2, 0) is 21.3 Å². The first-order chi connectivity index (χ1) is 8.56. The Morgan fingerprint density at radius 3 is 2.72 bits per heavy atom. The monoisotopic (exact) mass is 272 g/mol. The summed E-state index contributed by atoms with van der Waals surface area (Å²) in [6, 6.07) is 2.24. The van der Waals surface area contributed by atoms with E-state index in [-0.39, 0.29) is 12.2 Å². The first-order valence-electron chi connectivity index (χ1n) is 6.17. The predicted octanol–water partition coefficient (Wildman–Crippen LogP) is 1.97. The van der Waals surface area contributed by atoms with Crippen LogP contribution in [0.3, 0.4) is 0 Å². The van der Waals surface area contributed by atoms with E-state index < -0.39 is 16.8 Å². The number of carboxylic acid groups (broad SMARTS) is 1. The van der Waals surface area contributed by atoms with Crippen LogP contribution in [0.1, 0.15) is 44.8 Å². The quantitative estimate of drug-likeness (QED) is 0.785. The Hall–Kier alpha value is -1.17. The number of rotatable bonds is 8. The van der Waals surface area contributed by atoms with Gasteiger partial charge in [-0.2, -0.15) is 5.10 Å². The molecule has 0 spiro atoms. The first-order valence-corrected chi connectivity index (χ1v) is 7.66. The summed E-state index contributed by atoms with van der Waals surface area (Å²) in [5.41, 5.74) is 0.769. The molecule has 1 unspecified atom stereocenters. The molecule has 0 amide bonds. The van der Waals surface area contributed by atoms with Crippen molar-refractivity contribution in [2.75, 3.05) is 5.75 Å². The van der Waals surface area contributed by atoms with E-state index in [1.165, 1.54) is 0 Å². The van der Waals surface area contributed by atoms with Crippen molar-refractivity contribution in [1.29, 1.82) is 0 Å². The highest BCUT2D eigenvalue weighted by atomic mass is 32.2. The third-order valence-corrected chi connectivity index (χ3v) is 4.11. The van der Waals surface area contributed by atoms with Crippen LogP contribution in [0.15, 0.2) is 12.3 Å². The maximum absolute atomic E-state index is 11.6. The number of carbonyl (C=O) groups is 1. The summed E-state index contributed by atoms with van der Waals surface area (Å²) in [5, 5.41) is 12.9. The third kappa shape index (κ3) is 4.60. The van der Waals surface area contributed by atoms with Gasteiger partial charge in [0.2, 0.25) is 0 Å². The Balaban J connectivity index is 2.53. The molecule has 6 heteroatoms. The first kappa shape index (κ1) is 14.9. The summed E-state index contributed by atoms with van der Waals surface area (Å²) < 4.78 is 13.5. The van der Waals surface area contributed by atoms with E-state index in [1.54, 1.807) is 0 Å². The van der Waals surface area contributed by atoms with Crippen LogP contribution in [-0.4, -0.2) is 30.8 Å². The van der Waals surface area contributed by atoms with Crippen LogP contribution in [0.25, 0.3) is 0 Å². The molecule has 1 atom stereocenters. The zero-order chi connectivity index (χ0) is 13.5. The van der Waals surface area contributed by atoms with Crippen LogP contribution in [0, 0.1) is 0 Å². The highest BCUT2D eigenvalue weighted by Gasteiger charge is 2.10. The van der Waals surface area contributed by atoms with E-state index in [4.69, 9.17) is 5.11 Å². The van der Waals surface area contributed by atoms with Gasteiger partial charge in [-0.15, -0.1) is 0 Å². The fraction of sp³-hybridized carbons (Fsp3) is 0.667. The Labute approximate surface area is 110 Å². The van der Waals surface area contributed by atoms with Gasteiger partial charge < -0.3 is 5.11 Å². The van der Waals surface area contributed by atoms with Gasteiger partial charge in [0, 0.05) is 22.7 Å². The van der Waals surface area contributed by atoms with Gasteiger partial charge in [-0.25, -0.2) is 0 Å². The molecule has 0 bridgehead atoms. The molecule has 18 heavy (non-hydrogen) atoms. The summed E-state index contributed by atoms with van der Waals surface area (Å²) in [5.74, 6) is -0.390. The van der Waals surface area contributed by atoms with Gasteiger partial charge in [-0.3, -0.25) is 13.7 Å². The molecule has 1 aromatic rings. The Kier molecular flexibility index (Phi) is 6.04. The summed E-state index contributed by atoms with van der Waals surface area (Å²) in [4.78, 5) is 10.4. The van der Waals surface area contributed by atoms with Crippen molar-refractivity contribution in [1.82, 2.24) is 9.78 Å². The van der Waals surface area contributed by atoms with E-state index in [9.17, 15) is 9.00 Å². The summed E-state index contributed by atoms with van der Waals surface area (Å²) in [6.45, 7) is 4.22. The van der Waals surface area contributed by atoms with Crippen molar-refractivity contribution in [3.8, 4) is 0 Å². The van der Waals surface area contributed by atoms with E-state index in [2.05, 4.69) is 18.9 Å². The Morgan fingerprint density at radius 2 is 2.17 bits per heavy atom. The van der Waals surface area contributed by atoms with Gasteiger partial charge in [0.05, 0.1) is 23.9 Å². The van der Waals surface area contributed by atoms with E-state index in [1.807, 2.05) is 16.9 Å². The number of hydrogen-bond acceptors (Lipinski definition) is 3. The standard InChI is InChI=1S/C12H20N2O3S/c1-3-11(4-2)14-7-5-10(13-14)9-18(17)8-6-12(15)16/h5,7,11H,3-4,6,8-9H2,1-2H3,(H,15,16). The fourth-order valence-corrected chi connectivity index (χ4v) is 2.79. The molecule has 1 heterocycles. The molecule has 1 rings (SSSR count). The lowest BCUT2D eigenvalue weighted by atomic mass is 10.2. The third-order valence-electron chi connectivity index (χ3n) is 2.83. The summed E-state index contributed by atoms with van der Waals surface area (Å²) >= 11 is 0. The van der Waals surface area contributed by atoms with E-state index in [0.29, 0.717) is 11.8 Å². The maximum atomic E-state index is 11.6. The lowest BCUT2D eigenvalue weighted by Gasteiger charge is -2.12. The molecular formula is C12H20N2O3S. The van der Waals surface area contributed by atoms with Crippen molar-refractivity contribution in [3.05, 3.63) is 18.0 Å². The number of carboxylic acids is 1. The molecule has 0 aliphatic carbocycles. The van der Waals surface area contributed by atoms with Crippen LogP contribution in [0.5, 0.6) is 0 Å². The highest BCUT2D eigenvalue weighted by molar-refractivity contribution is 7.84. The lowest BCUT2D eigenvalue weighted by molar-refractivity contribution is -0.136. The van der Waals surface area contributed by atoms with Crippen molar-refractivity contribution in [2.24, 2.45) is 0 Å². The second-order valence-corrected chi connectivity index (χ2v) is 5.77. The summed E-state index contributed by atoms with van der Waals surface area (Å²) in [6.07, 6.45) is 3.88. The Bertz CT molecular complexity index is 413. The zero-order valence-corrected chi connectivity index (χ0v) is 11.7. The Morgan fingerprint density at radius 1 is 1.50 bits per heavy atom. The van der Waals surface area contributed by atoms with Crippen LogP contribution in [0.4, 0.5) is 0 Å². The fourth-order valence-electron chi connectivity index (χ4n) is 1.76. The molecule has 0 aromatic carbocycles. The normalized spacial score (nSPS) is 12.8. The topological polar surface area (TPSA) is 72.2 Å². The van der Waals surface area contributed by atoms with Crippen molar-refractivity contribution < 1.29 is 14.1 Å². The lowest BCUT2D eigenvalue weighted by Crippen LogP contribution is -2.09. The zero-order valence-electron chi connectivity index (χ0n) is 10.8. The van der Waals surface area contributed by atoms with Crippen molar-refractivity contribution in [2.45, 2.75) is 44.9 Å². The van der Waals surface area contributed by atoms with Gasteiger partial charge in [-0.05, 0) is 18.9 Å². The molecule has 0 aliphatic heterocycles. The minimum Gasteiger partial charge on any atom is -0.481 e. The minimum absolute atomic E-state index is 0.0557. The average Bonchev–Trinajstić information content (AvgIpc) is 2.76. The van der Waals surface area contributed by atoms with E-state index >= 15 is 0 Å². The van der Waals surface area contributed by atoms with Gasteiger partial charge in [0.15, 0.2) is 0 Å². The van der Waals surface area contributed by atoms with Crippen molar-refractivity contribution >= 4 is 16.8 Å². The van der Waals surface area contributed by atoms with Crippen LogP contribution < -0.4 is 0 Å². The second-order valence-electron chi connectivity index (χ2n) is 4.19. The minimum atomic E-state index is -1.15. The molecule has 0 saturated heterocycles. The largest absolute Gasteiger partial charge is 0.481 e. The molecule has 0 saturated carbocycles. The second kappa shape index (κ2) is 7.31. The molecule has 0 aliphatic rings. The number of aliphatic carboxylic acids is 1. The van der Waals surface area contributed by atoms with Crippen molar-refractivity contribution in [3.63, 3.8) is 0 Å². The smallest absolute Gasteiger partial charge is 0.304 e. The molecule has 102 valence electrons. The number of aromatic nitrogens is 2. The number of nitrogens with zero attached hydrogens (tertiary/aromatic N) is 2. The molecular weight excluding hydrogens is 252 g/mol. The highest BCUT2D eigenvalue weighted by Crippen LogP contribution is 2.15.